The molecule has 0 fully saturated rings. The number of benzene rings is 1. The fourth-order valence-corrected chi connectivity index (χ4v) is 1.66. The molecule has 1 aromatic carbocycles. The number of nitrogens with zero attached hydrogens (tertiary/aromatic N) is 1. The van der Waals surface area contributed by atoms with Gasteiger partial charge in [0.15, 0.2) is 5.96 Å². The van der Waals surface area contributed by atoms with Crippen molar-refractivity contribution >= 4 is 29.9 Å². The summed E-state index contributed by atoms with van der Waals surface area (Å²) in [6.45, 7) is 6.70. The van der Waals surface area contributed by atoms with Gasteiger partial charge in [0.25, 0.3) is 6.43 Å². The van der Waals surface area contributed by atoms with E-state index in [-0.39, 0.29) is 30.0 Å². The summed E-state index contributed by atoms with van der Waals surface area (Å²) >= 11 is 0. The van der Waals surface area contributed by atoms with Crippen molar-refractivity contribution in [2.45, 2.75) is 39.8 Å². The highest BCUT2D eigenvalue weighted by Crippen LogP contribution is 2.14. The molecule has 4 nitrogen and oxygen atoms in total. The lowest BCUT2D eigenvalue weighted by Gasteiger charge is -2.14. The van der Waals surface area contributed by atoms with E-state index in [0.717, 1.165) is 18.1 Å². The average Bonchev–Trinajstić information content (AvgIpc) is 2.43. The predicted molar refractivity (Wildman–Crippen MR) is 96.4 cm³/mol. The summed E-state index contributed by atoms with van der Waals surface area (Å²) < 4.78 is 29.2. The van der Waals surface area contributed by atoms with Crippen LogP contribution in [0.1, 0.15) is 26.3 Å². The number of alkyl halides is 2. The van der Waals surface area contributed by atoms with Crippen molar-refractivity contribution in [3.63, 3.8) is 0 Å². The summed E-state index contributed by atoms with van der Waals surface area (Å²) in [5, 5.41) is 6.36. The first-order valence-electron chi connectivity index (χ1n) is 7.06. The Bertz CT molecular complexity index is 456. The highest BCUT2D eigenvalue weighted by atomic mass is 127. The highest BCUT2D eigenvalue weighted by Gasteiger charge is 2.04. The molecule has 1 rings (SSSR count). The lowest BCUT2D eigenvalue weighted by Crippen LogP contribution is -2.40. The van der Waals surface area contributed by atoms with Crippen molar-refractivity contribution in [3.8, 4) is 5.75 Å². The Morgan fingerprint density at radius 1 is 1.32 bits per heavy atom. The second-order valence-corrected chi connectivity index (χ2v) is 4.84. The molecule has 0 aliphatic rings. The van der Waals surface area contributed by atoms with E-state index in [4.69, 9.17) is 4.74 Å². The molecule has 0 spiro atoms. The Hall–Kier alpha value is -1.12. The van der Waals surface area contributed by atoms with E-state index in [0.29, 0.717) is 12.3 Å². The van der Waals surface area contributed by atoms with E-state index in [2.05, 4.69) is 15.6 Å². The standard InChI is InChI=1S/C15H23F2N3O.HI/c1-4-18-15(20-11(2)3)19-9-12-6-5-7-13(8-12)21-10-14(16)17;/h5-8,11,14H,4,9-10H2,1-3H3,(H2,18,19,20);1H. The van der Waals surface area contributed by atoms with Gasteiger partial charge < -0.3 is 15.4 Å². The molecule has 0 aliphatic carbocycles. The van der Waals surface area contributed by atoms with Crippen LogP contribution in [0.2, 0.25) is 0 Å². The highest BCUT2D eigenvalue weighted by molar-refractivity contribution is 14.0. The molecule has 1 aromatic rings. The number of rotatable bonds is 7. The molecular weight excluding hydrogens is 403 g/mol. The van der Waals surface area contributed by atoms with Crippen LogP contribution in [0.4, 0.5) is 8.78 Å². The molecular formula is C15H24F2IN3O. The Labute approximate surface area is 147 Å². The first-order valence-corrected chi connectivity index (χ1v) is 7.06. The zero-order valence-corrected chi connectivity index (χ0v) is 15.4. The van der Waals surface area contributed by atoms with Gasteiger partial charge in [-0.15, -0.1) is 24.0 Å². The van der Waals surface area contributed by atoms with Crippen LogP contribution < -0.4 is 15.4 Å². The second-order valence-electron chi connectivity index (χ2n) is 4.84. The molecule has 0 radical (unpaired) electrons. The Morgan fingerprint density at radius 3 is 2.64 bits per heavy atom. The zero-order valence-electron chi connectivity index (χ0n) is 13.1. The monoisotopic (exact) mass is 427 g/mol. The number of nitrogens with one attached hydrogen (secondary N) is 2. The van der Waals surface area contributed by atoms with Crippen molar-refractivity contribution in [2.75, 3.05) is 13.2 Å². The first kappa shape index (κ1) is 20.9. The van der Waals surface area contributed by atoms with Crippen molar-refractivity contribution in [3.05, 3.63) is 29.8 Å². The average molecular weight is 427 g/mol. The van der Waals surface area contributed by atoms with Gasteiger partial charge in [-0.3, -0.25) is 0 Å². The smallest absolute Gasteiger partial charge is 0.272 e. The molecule has 2 N–H and O–H groups in total. The van der Waals surface area contributed by atoms with Gasteiger partial charge in [-0.05, 0) is 38.5 Å². The Kier molecular flexibility index (Phi) is 10.9. The van der Waals surface area contributed by atoms with Crippen LogP contribution >= 0.6 is 24.0 Å². The number of halogens is 3. The van der Waals surface area contributed by atoms with Gasteiger partial charge in [-0.2, -0.15) is 0 Å². The lowest BCUT2D eigenvalue weighted by atomic mass is 10.2. The quantitative estimate of drug-likeness (QED) is 0.399. The van der Waals surface area contributed by atoms with E-state index in [9.17, 15) is 8.78 Å². The topological polar surface area (TPSA) is 45.7 Å². The molecule has 0 heterocycles. The van der Waals surface area contributed by atoms with Gasteiger partial charge in [0, 0.05) is 12.6 Å². The molecule has 7 heteroatoms. The lowest BCUT2D eigenvalue weighted by molar-refractivity contribution is 0.0818. The Morgan fingerprint density at radius 2 is 2.05 bits per heavy atom. The third kappa shape index (κ3) is 9.01. The van der Waals surface area contributed by atoms with Crippen LogP contribution in [0.25, 0.3) is 0 Å². The molecule has 22 heavy (non-hydrogen) atoms. The number of hydrogen-bond donors (Lipinski definition) is 2. The minimum absolute atomic E-state index is 0. The minimum Gasteiger partial charge on any atom is -0.488 e. The molecule has 0 aromatic heterocycles. The summed E-state index contributed by atoms with van der Waals surface area (Å²) in [5.74, 6) is 1.16. The third-order valence-electron chi connectivity index (χ3n) is 2.46. The van der Waals surface area contributed by atoms with E-state index < -0.39 is 13.0 Å². The number of hydrogen-bond acceptors (Lipinski definition) is 2. The van der Waals surface area contributed by atoms with Gasteiger partial charge in [-0.25, -0.2) is 13.8 Å². The maximum atomic E-state index is 12.1. The molecule has 0 bridgehead atoms. The molecule has 0 amide bonds. The van der Waals surface area contributed by atoms with Gasteiger partial charge in [-0.1, -0.05) is 12.1 Å². The first-order chi connectivity index (χ1) is 10.0. The van der Waals surface area contributed by atoms with Crippen molar-refractivity contribution in [1.29, 1.82) is 0 Å². The molecule has 0 unspecified atom stereocenters. The summed E-state index contributed by atoms with van der Waals surface area (Å²) in [7, 11) is 0. The normalized spacial score (nSPS) is 11.3. The van der Waals surface area contributed by atoms with E-state index in [1.54, 1.807) is 18.2 Å². The van der Waals surface area contributed by atoms with Crippen LogP contribution in [-0.4, -0.2) is 31.6 Å². The largest absolute Gasteiger partial charge is 0.488 e. The molecule has 0 atom stereocenters. The van der Waals surface area contributed by atoms with Crippen LogP contribution in [0.15, 0.2) is 29.3 Å². The van der Waals surface area contributed by atoms with Crippen molar-refractivity contribution in [2.24, 2.45) is 4.99 Å². The van der Waals surface area contributed by atoms with Crippen molar-refractivity contribution in [1.82, 2.24) is 10.6 Å². The van der Waals surface area contributed by atoms with Crippen LogP contribution in [0, 0.1) is 0 Å². The van der Waals surface area contributed by atoms with Gasteiger partial charge in [0.05, 0.1) is 6.54 Å². The zero-order chi connectivity index (χ0) is 15.7. The minimum atomic E-state index is -2.47. The summed E-state index contributed by atoms with van der Waals surface area (Å²) in [6, 6.07) is 7.33. The van der Waals surface area contributed by atoms with E-state index in [1.165, 1.54) is 0 Å². The molecule has 0 saturated carbocycles. The third-order valence-corrected chi connectivity index (χ3v) is 2.46. The van der Waals surface area contributed by atoms with E-state index >= 15 is 0 Å². The fourth-order valence-electron chi connectivity index (χ4n) is 1.66. The summed E-state index contributed by atoms with van der Waals surface area (Å²) in [5.41, 5.74) is 0.905. The SMILES string of the molecule is CCNC(=NCc1cccc(OCC(F)F)c1)NC(C)C.I. The maximum absolute atomic E-state index is 12.1. The number of guanidine groups is 1. The summed E-state index contributed by atoms with van der Waals surface area (Å²) in [6.07, 6.45) is -2.47. The van der Waals surface area contributed by atoms with Crippen LogP contribution in [0.5, 0.6) is 5.75 Å². The van der Waals surface area contributed by atoms with Gasteiger partial charge in [0.2, 0.25) is 0 Å². The Balaban J connectivity index is 0.00000441. The van der Waals surface area contributed by atoms with Gasteiger partial charge in [0.1, 0.15) is 12.4 Å². The fraction of sp³-hybridized carbons (Fsp3) is 0.533. The second kappa shape index (κ2) is 11.4. The van der Waals surface area contributed by atoms with E-state index in [1.807, 2.05) is 26.8 Å². The van der Waals surface area contributed by atoms with Crippen molar-refractivity contribution < 1.29 is 13.5 Å². The summed E-state index contributed by atoms with van der Waals surface area (Å²) in [4.78, 5) is 4.45. The van der Waals surface area contributed by atoms with Crippen LogP contribution in [0.3, 0.4) is 0 Å². The number of aliphatic imine (C=N–C) groups is 1. The predicted octanol–water partition coefficient (Wildman–Crippen LogP) is 3.41. The molecule has 126 valence electrons. The molecule has 0 saturated heterocycles. The van der Waals surface area contributed by atoms with Gasteiger partial charge >= 0.3 is 0 Å². The van der Waals surface area contributed by atoms with Crippen LogP contribution in [-0.2, 0) is 6.54 Å². The number of ether oxygens (including phenoxy) is 1. The maximum Gasteiger partial charge on any atom is 0.272 e. The molecule has 0 aliphatic heterocycles.